The Bertz CT molecular complexity index is 1020. The highest BCUT2D eigenvalue weighted by Crippen LogP contribution is 2.42. The molecule has 1 aromatic rings. The Balaban J connectivity index is 2.18. The topological polar surface area (TPSA) is 136 Å². The summed E-state index contributed by atoms with van der Waals surface area (Å²) >= 11 is 0.635. The van der Waals surface area contributed by atoms with Crippen LogP contribution in [0.1, 0.15) is 65.5 Å². The van der Waals surface area contributed by atoms with E-state index >= 15 is 0 Å². The van der Waals surface area contributed by atoms with E-state index in [4.69, 9.17) is 4.74 Å². The molecule has 0 fully saturated rings. The molecular formula is C18H28N2O7S3. The molecule has 12 heteroatoms. The van der Waals surface area contributed by atoms with Gasteiger partial charge in [-0.15, -0.1) is 11.3 Å². The van der Waals surface area contributed by atoms with Crippen LogP contribution in [-0.2, 0) is 34.2 Å². The first kappa shape index (κ1) is 24.8. The van der Waals surface area contributed by atoms with Crippen LogP contribution in [0.15, 0.2) is 14.5 Å². The van der Waals surface area contributed by atoms with E-state index in [-0.39, 0.29) is 27.3 Å². The third kappa shape index (κ3) is 5.80. The molecule has 0 saturated carbocycles. The third-order valence-electron chi connectivity index (χ3n) is 4.37. The molecule has 2 heterocycles. The monoisotopic (exact) mass is 480 g/mol. The number of amides is 1. The average molecular weight is 481 g/mol. The van der Waals surface area contributed by atoms with E-state index in [1.54, 1.807) is 27.7 Å². The van der Waals surface area contributed by atoms with Gasteiger partial charge in [0.2, 0.25) is 5.91 Å². The molecule has 2 N–H and O–H groups in total. The van der Waals surface area contributed by atoms with Crippen LogP contribution < -0.4 is 10.0 Å². The minimum absolute atomic E-state index is 0.00813. The maximum absolute atomic E-state index is 12.7. The second kappa shape index (κ2) is 8.93. The van der Waals surface area contributed by atoms with Gasteiger partial charge in [-0.2, -0.15) is 0 Å². The highest BCUT2D eigenvalue weighted by atomic mass is 32.3. The Morgan fingerprint density at radius 3 is 2.47 bits per heavy atom. The fraction of sp³-hybridized carbons (Fsp3) is 0.667. The predicted molar refractivity (Wildman–Crippen MR) is 112 cm³/mol. The summed E-state index contributed by atoms with van der Waals surface area (Å²) in [5.74, 6) is -1.48. The van der Waals surface area contributed by atoms with Crippen molar-refractivity contribution in [1.82, 2.24) is 10.0 Å². The summed E-state index contributed by atoms with van der Waals surface area (Å²) in [5, 5.41) is 2.53. The molecule has 170 valence electrons. The smallest absolute Gasteiger partial charge is 0.306 e. The maximum atomic E-state index is 12.7. The highest BCUT2D eigenvalue weighted by molar-refractivity contribution is 7.95. The standard InChI is InChI=1S/C18H28N2O7S3/c1-6-19-13-9-11(2)29(23,24)17-12(13)10-16(28-17)30(25,26)20-14(21)7-8-15(22)27-18(3,4)5/h10-11,13,19H,6-9H2,1-5H3,(H,20,21)/t11-,13-/m0/s1. The quantitative estimate of drug-likeness (QED) is 0.565. The van der Waals surface area contributed by atoms with Crippen LogP contribution in [0.25, 0.3) is 0 Å². The molecule has 0 aliphatic carbocycles. The Morgan fingerprint density at radius 2 is 1.90 bits per heavy atom. The van der Waals surface area contributed by atoms with Crippen molar-refractivity contribution in [3.8, 4) is 0 Å². The number of thiophene rings is 1. The van der Waals surface area contributed by atoms with E-state index in [9.17, 15) is 26.4 Å². The Kier molecular flexibility index (Phi) is 7.37. The number of fused-ring (bicyclic) bond motifs is 1. The van der Waals surface area contributed by atoms with Crippen molar-refractivity contribution in [2.45, 2.75) is 79.2 Å². The van der Waals surface area contributed by atoms with Gasteiger partial charge in [0.15, 0.2) is 9.84 Å². The number of esters is 1. The largest absolute Gasteiger partial charge is 0.460 e. The molecule has 1 aliphatic rings. The van der Waals surface area contributed by atoms with Crippen molar-refractivity contribution in [3.05, 3.63) is 11.6 Å². The van der Waals surface area contributed by atoms with Gasteiger partial charge in [0.25, 0.3) is 10.0 Å². The molecule has 0 radical (unpaired) electrons. The van der Waals surface area contributed by atoms with Gasteiger partial charge < -0.3 is 10.1 Å². The van der Waals surface area contributed by atoms with Crippen LogP contribution in [0.4, 0.5) is 0 Å². The lowest BCUT2D eigenvalue weighted by Gasteiger charge is -2.27. The number of hydrogen-bond donors (Lipinski definition) is 2. The molecule has 0 aromatic carbocycles. The van der Waals surface area contributed by atoms with E-state index in [1.807, 2.05) is 11.6 Å². The molecule has 0 unspecified atom stereocenters. The fourth-order valence-electron chi connectivity index (χ4n) is 3.03. The van der Waals surface area contributed by atoms with E-state index in [0.717, 1.165) is 0 Å². The summed E-state index contributed by atoms with van der Waals surface area (Å²) in [6.45, 7) is 9.12. The number of rotatable bonds is 7. The molecule has 9 nitrogen and oxygen atoms in total. The Hall–Kier alpha value is -1.50. The zero-order valence-corrected chi connectivity index (χ0v) is 20.1. The third-order valence-corrected chi connectivity index (χ3v) is 10.1. The van der Waals surface area contributed by atoms with Crippen molar-refractivity contribution in [2.75, 3.05) is 6.54 Å². The Morgan fingerprint density at radius 1 is 1.27 bits per heavy atom. The number of hydrogen-bond acceptors (Lipinski definition) is 9. The van der Waals surface area contributed by atoms with Crippen LogP contribution >= 0.6 is 11.3 Å². The number of sulfonamides is 1. The molecule has 0 spiro atoms. The van der Waals surface area contributed by atoms with Crippen molar-refractivity contribution in [3.63, 3.8) is 0 Å². The number of carbonyl (C=O) groups is 2. The van der Waals surface area contributed by atoms with Crippen molar-refractivity contribution < 1.29 is 31.2 Å². The van der Waals surface area contributed by atoms with Gasteiger partial charge in [-0.25, -0.2) is 21.6 Å². The highest BCUT2D eigenvalue weighted by Gasteiger charge is 2.39. The zero-order valence-electron chi connectivity index (χ0n) is 17.6. The predicted octanol–water partition coefficient (Wildman–Crippen LogP) is 1.89. The van der Waals surface area contributed by atoms with Crippen LogP contribution in [0.2, 0.25) is 0 Å². The van der Waals surface area contributed by atoms with Crippen molar-refractivity contribution in [2.24, 2.45) is 0 Å². The zero-order chi connectivity index (χ0) is 22.9. The second-order valence-corrected chi connectivity index (χ2v) is 13.6. The van der Waals surface area contributed by atoms with Gasteiger partial charge >= 0.3 is 5.97 Å². The van der Waals surface area contributed by atoms with Gasteiger partial charge in [-0.05, 0) is 46.7 Å². The molecule has 1 aromatic heterocycles. The van der Waals surface area contributed by atoms with E-state index < -0.39 is 42.6 Å². The minimum atomic E-state index is -4.27. The number of ether oxygens (including phenoxy) is 1. The summed E-state index contributed by atoms with van der Waals surface area (Å²) < 4.78 is 57.3. The second-order valence-electron chi connectivity index (χ2n) is 8.12. The van der Waals surface area contributed by atoms with Gasteiger partial charge in [0.1, 0.15) is 14.0 Å². The minimum Gasteiger partial charge on any atom is -0.460 e. The summed E-state index contributed by atoms with van der Waals surface area (Å²) in [4.78, 5) is 23.8. The molecule has 0 saturated heterocycles. The number of sulfone groups is 1. The normalized spacial score (nSPS) is 21.0. The lowest BCUT2D eigenvalue weighted by Crippen LogP contribution is -2.33. The SMILES string of the molecule is CCN[C@H]1C[C@H](C)S(=O)(=O)c2sc(S(=O)(=O)NC(=O)CCC(=O)OC(C)(C)C)cc21. The molecule has 2 rings (SSSR count). The molecule has 1 amide bonds. The van der Waals surface area contributed by atoms with Crippen molar-refractivity contribution in [1.29, 1.82) is 0 Å². The summed E-state index contributed by atoms with van der Waals surface area (Å²) in [6.07, 6.45) is -0.301. The van der Waals surface area contributed by atoms with E-state index in [0.29, 0.717) is 29.9 Å². The molecular weight excluding hydrogens is 452 g/mol. The van der Waals surface area contributed by atoms with E-state index in [2.05, 4.69) is 5.32 Å². The van der Waals surface area contributed by atoms with Gasteiger partial charge in [0.05, 0.1) is 11.7 Å². The first-order valence-electron chi connectivity index (χ1n) is 9.56. The first-order chi connectivity index (χ1) is 13.7. The number of nitrogens with one attached hydrogen (secondary N) is 2. The van der Waals surface area contributed by atoms with Crippen LogP contribution in [-0.4, -0.2) is 46.1 Å². The summed E-state index contributed by atoms with van der Waals surface area (Å²) in [5.41, 5.74) is -0.303. The summed E-state index contributed by atoms with van der Waals surface area (Å²) in [7, 11) is -7.91. The van der Waals surface area contributed by atoms with Crippen LogP contribution in [0, 0.1) is 0 Å². The molecule has 30 heavy (non-hydrogen) atoms. The fourth-order valence-corrected chi connectivity index (χ4v) is 8.04. The average Bonchev–Trinajstić information content (AvgIpc) is 3.04. The van der Waals surface area contributed by atoms with Gasteiger partial charge in [-0.3, -0.25) is 9.59 Å². The van der Waals surface area contributed by atoms with Crippen LogP contribution in [0.3, 0.4) is 0 Å². The number of carbonyl (C=O) groups excluding carboxylic acids is 2. The lowest BCUT2D eigenvalue weighted by atomic mass is 10.1. The lowest BCUT2D eigenvalue weighted by molar-refractivity contribution is -0.155. The molecule has 2 atom stereocenters. The molecule has 1 aliphatic heterocycles. The summed E-state index contributed by atoms with van der Waals surface area (Å²) in [6, 6.07) is 1.02. The van der Waals surface area contributed by atoms with E-state index in [1.165, 1.54) is 6.07 Å². The van der Waals surface area contributed by atoms with Gasteiger partial charge in [0, 0.05) is 18.0 Å². The van der Waals surface area contributed by atoms with Crippen molar-refractivity contribution >= 4 is 43.1 Å². The first-order valence-corrected chi connectivity index (χ1v) is 13.4. The molecule has 0 bridgehead atoms. The maximum Gasteiger partial charge on any atom is 0.306 e. The Labute approximate surface area is 181 Å². The van der Waals surface area contributed by atoms with Gasteiger partial charge in [-0.1, -0.05) is 6.92 Å². The van der Waals surface area contributed by atoms with Crippen LogP contribution in [0.5, 0.6) is 0 Å².